The molecule has 0 aliphatic heterocycles. The number of hydrogen-bond donors (Lipinski definition) is 2. The highest BCUT2D eigenvalue weighted by Gasteiger charge is 2.12. The second kappa shape index (κ2) is 8.34. The fraction of sp³-hybridized carbons (Fsp3) is 0.118. The highest BCUT2D eigenvalue weighted by Crippen LogP contribution is 2.20. The van der Waals surface area contributed by atoms with Crippen LogP contribution in [0.5, 0.6) is 0 Å². The van der Waals surface area contributed by atoms with E-state index in [2.05, 4.69) is 10.6 Å². The molecule has 0 heterocycles. The first-order valence-electron chi connectivity index (χ1n) is 6.98. The first-order valence-corrected chi connectivity index (χ1v) is 7.74. The third-order valence-corrected chi connectivity index (χ3v) is 3.65. The number of anilines is 1. The van der Waals surface area contributed by atoms with Crippen LogP contribution >= 0.6 is 23.2 Å². The van der Waals surface area contributed by atoms with Gasteiger partial charge in [0.2, 0.25) is 5.91 Å². The number of amides is 2. The van der Waals surface area contributed by atoms with Crippen LogP contribution in [0.25, 0.3) is 0 Å². The molecular weight excluding hydrogens is 349 g/mol. The third-order valence-electron chi connectivity index (χ3n) is 3.11. The lowest BCUT2D eigenvalue weighted by molar-refractivity contribution is -0.115. The Kier molecular flexibility index (Phi) is 6.19. The predicted octanol–water partition coefficient (Wildman–Crippen LogP) is 3.43. The molecule has 24 heavy (non-hydrogen) atoms. The van der Waals surface area contributed by atoms with Gasteiger partial charge in [-0.15, -0.1) is 0 Å². The number of nitrogens with one attached hydrogen (secondary N) is 2. The summed E-state index contributed by atoms with van der Waals surface area (Å²) in [6.45, 7) is -0.197. The summed E-state index contributed by atoms with van der Waals surface area (Å²) >= 11 is 11.7. The second-order valence-electron chi connectivity index (χ2n) is 4.89. The quantitative estimate of drug-likeness (QED) is 0.855. The van der Waals surface area contributed by atoms with E-state index in [0.29, 0.717) is 17.1 Å². The van der Waals surface area contributed by atoms with E-state index in [4.69, 9.17) is 28.5 Å². The van der Waals surface area contributed by atoms with Gasteiger partial charge in [0, 0.05) is 10.7 Å². The molecule has 0 saturated heterocycles. The average Bonchev–Trinajstić information content (AvgIpc) is 2.55. The van der Waals surface area contributed by atoms with Crippen LogP contribution in [0, 0.1) is 11.3 Å². The minimum Gasteiger partial charge on any atom is -0.343 e. The predicted molar refractivity (Wildman–Crippen MR) is 93.2 cm³/mol. The Balaban J connectivity index is 1.88. The molecule has 0 fully saturated rings. The molecule has 7 heteroatoms. The number of carbonyl (C=O) groups excluding carboxylic acids is 2. The van der Waals surface area contributed by atoms with E-state index in [9.17, 15) is 9.59 Å². The van der Waals surface area contributed by atoms with E-state index in [-0.39, 0.29) is 23.0 Å². The Bertz CT molecular complexity index is 798. The van der Waals surface area contributed by atoms with Gasteiger partial charge in [-0.3, -0.25) is 9.59 Å². The van der Waals surface area contributed by atoms with Crippen molar-refractivity contribution >= 4 is 40.7 Å². The lowest BCUT2D eigenvalue weighted by Crippen LogP contribution is -2.33. The van der Waals surface area contributed by atoms with Crippen LogP contribution in [0.4, 0.5) is 5.69 Å². The van der Waals surface area contributed by atoms with Crippen molar-refractivity contribution in [3.63, 3.8) is 0 Å². The molecule has 0 aliphatic carbocycles. The van der Waals surface area contributed by atoms with Gasteiger partial charge in [-0.2, -0.15) is 5.26 Å². The maximum Gasteiger partial charge on any atom is 0.253 e. The number of halogens is 2. The number of benzene rings is 2. The van der Waals surface area contributed by atoms with Gasteiger partial charge in [-0.05, 0) is 35.9 Å². The van der Waals surface area contributed by atoms with Gasteiger partial charge in [0.05, 0.1) is 29.6 Å². The molecule has 0 aliphatic rings. The molecule has 2 aromatic carbocycles. The minimum absolute atomic E-state index is 0.197. The van der Waals surface area contributed by atoms with E-state index in [0.717, 1.165) is 5.56 Å². The maximum atomic E-state index is 12.0. The van der Waals surface area contributed by atoms with Crippen molar-refractivity contribution in [2.45, 2.75) is 6.42 Å². The van der Waals surface area contributed by atoms with Crippen molar-refractivity contribution in [3.8, 4) is 6.07 Å². The van der Waals surface area contributed by atoms with Crippen molar-refractivity contribution in [1.82, 2.24) is 5.32 Å². The lowest BCUT2D eigenvalue weighted by Gasteiger charge is -2.08. The first kappa shape index (κ1) is 17.8. The van der Waals surface area contributed by atoms with E-state index >= 15 is 0 Å². The Labute approximate surface area is 149 Å². The minimum atomic E-state index is -0.462. The standard InChI is InChI=1S/C17H13Cl2N3O2/c18-12-3-6-14(15(19)9-12)17(24)21-10-16(23)22-13-4-1-11(2-5-13)7-8-20/h1-6,9H,7,10H2,(H,21,24)(H,22,23). The van der Waals surface area contributed by atoms with Crippen molar-refractivity contribution in [2.24, 2.45) is 0 Å². The molecule has 5 nitrogen and oxygen atoms in total. The normalized spacial score (nSPS) is 9.88. The van der Waals surface area contributed by atoms with Crippen LogP contribution in [0.2, 0.25) is 10.0 Å². The summed E-state index contributed by atoms with van der Waals surface area (Å²) in [6, 6.07) is 13.4. The van der Waals surface area contributed by atoms with Gasteiger partial charge in [0.25, 0.3) is 5.91 Å². The largest absolute Gasteiger partial charge is 0.343 e. The number of rotatable bonds is 5. The lowest BCUT2D eigenvalue weighted by atomic mass is 10.1. The van der Waals surface area contributed by atoms with Crippen LogP contribution < -0.4 is 10.6 Å². The van der Waals surface area contributed by atoms with Crippen LogP contribution in [0.15, 0.2) is 42.5 Å². The zero-order valence-electron chi connectivity index (χ0n) is 12.5. The molecule has 0 saturated carbocycles. The number of carbonyl (C=O) groups is 2. The Morgan fingerprint density at radius 3 is 2.42 bits per heavy atom. The molecule has 0 radical (unpaired) electrons. The SMILES string of the molecule is N#CCc1ccc(NC(=O)CNC(=O)c2ccc(Cl)cc2Cl)cc1. The maximum absolute atomic E-state index is 12.0. The van der Waals surface area contributed by atoms with Gasteiger partial charge in [0.15, 0.2) is 0 Å². The summed E-state index contributed by atoms with van der Waals surface area (Å²) in [6.07, 6.45) is 0.312. The molecule has 122 valence electrons. The van der Waals surface area contributed by atoms with E-state index in [1.54, 1.807) is 30.3 Å². The molecule has 0 unspecified atom stereocenters. The Hall–Kier alpha value is -2.55. The molecule has 2 amide bonds. The molecule has 2 rings (SSSR count). The van der Waals surface area contributed by atoms with Crippen LogP contribution in [-0.4, -0.2) is 18.4 Å². The van der Waals surface area contributed by atoms with Gasteiger partial charge < -0.3 is 10.6 Å². The third kappa shape index (κ3) is 4.98. The summed E-state index contributed by atoms with van der Waals surface area (Å²) in [5, 5.41) is 14.4. The summed E-state index contributed by atoms with van der Waals surface area (Å²) < 4.78 is 0. The van der Waals surface area contributed by atoms with Crippen molar-refractivity contribution in [1.29, 1.82) is 5.26 Å². The molecule has 2 aromatic rings. The Morgan fingerprint density at radius 1 is 1.08 bits per heavy atom. The zero-order valence-corrected chi connectivity index (χ0v) is 14.0. The van der Waals surface area contributed by atoms with E-state index in [1.165, 1.54) is 12.1 Å². The van der Waals surface area contributed by atoms with Crippen LogP contribution in [-0.2, 0) is 11.2 Å². The fourth-order valence-corrected chi connectivity index (χ4v) is 2.43. The zero-order chi connectivity index (χ0) is 17.5. The summed E-state index contributed by atoms with van der Waals surface area (Å²) in [7, 11) is 0. The summed E-state index contributed by atoms with van der Waals surface area (Å²) in [5.41, 5.74) is 1.69. The van der Waals surface area contributed by atoms with E-state index in [1.807, 2.05) is 6.07 Å². The molecule has 0 spiro atoms. The van der Waals surface area contributed by atoms with Gasteiger partial charge in [-0.1, -0.05) is 35.3 Å². The molecular formula is C17H13Cl2N3O2. The van der Waals surface area contributed by atoms with Crippen LogP contribution in [0.1, 0.15) is 15.9 Å². The number of nitriles is 1. The van der Waals surface area contributed by atoms with Gasteiger partial charge in [-0.25, -0.2) is 0 Å². The first-order chi connectivity index (χ1) is 11.5. The highest BCUT2D eigenvalue weighted by molar-refractivity contribution is 6.36. The fourth-order valence-electron chi connectivity index (χ4n) is 1.93. The second-order valence-corrected chi connectivity index (χ2v) is 5.73. The van der Waals surface area contributed by atoms with E-state index < -0.39 is 5.91 Å². The van der Waals surface area contributed by atoms with Gasteiger partial charge >= 0.3 is 0 Å². The number of nitrogens with zero attached hydrogens (tertiary/aromatic N) is 1. The molecule has 2 N–H and O–H groups in total. The van der Waals surface area contributed by atoms with Crippen LogP contribution in [0.3, 0.4) is 0 Å². The molecule has 0 atom stereocenters. The average molecular weight is 362 g/mol. The van der Waals surface area contributed by atoms with Crippen molar-refractivity contribution in [2.75, 3.05) is 11.9 Å². The van der Waals surface area contributed by atoms with Gasteiger partial charge in [0.1, 0.15) is 0 Å². The Morgan fingerprint density at radius 2 is 1.79 bits per heavy atom. The summed E-state index contributed by atoms with van der Waals surface area (Å²) in [5.74, 6) is -0.836. The number of hydrogen-bond acceptors (Lipinski definition) is 3. The van der Waals surface area contributed by atoms with Crippen molar-refractivity contribution < 1.29 is 9.59 Å². The monoisotopic (exact) mass is 361 g/mol. The molecule has 0 bridgehead atoms. The van der Waals surface area contributed by atoms with Crippen molar-refractivity contribution in [3.05, 3.63) is 63.6 Å². The smallest absolute Gasteiger partial charge is 0.253 e. The topological polar surface area (TPSA) is 82.0 Å². The summed E-state index contributed by atoms with van der Waals surface area (Å²) in [4.78, 5) is 23.9. The molecule has 0 aromatic heterocycles. The highest BCUT2D eigenvalue weighted by atomic mass is 35.5.